The number of rotatable bonds is 5. The molecule has 0 spiro atoms. The second kappa shape index (κ2) is 6.19. The summed E-state index contributed by atoms with van der Waals surface area (Å²) >= 11 is 0. The third-order valence-electron chi connectivity index (χ3n) is 3.35. The molecular formula is C16H18N2O2. The Morgan fingerprint density at radius 1 is 1.10 bits per heavy atom. The van der Waals surface area contributed by atoms with Crippen LogP contribution in [0, 0.1) is 17.0 Å². The summed E-state index contributed by atoms with van der Waals surface area (Å²) in [6, 6.07) is 13.4. The van der Waals surface area contributed by atoms with Crippen molar-refractivity contribution in [2.45, 2.75) is 26.8 Å². The van der Waals surface area contributed by atoms with E-state index < -0.39 is 0 Å². The molecule has 20 heavy (non-hydrogen) atoms. The van der Waals surface area contributed by atoms with E-state index in [1.807, 2.05) is 13.0 Å². The van der Waals surface area contributed by atoms with Crippen LogP contribution in [0.25, 0.3) is 0 Å². The normalized spacial score (nSPS) is 10.3. The molecule has 0 radical (unpaired) electrons. The summed E-state index contributed by atoms with van der Waals surface area (Å²) in [7, 11) is 0. The topological polar surface area (TPSA) is 55.2 Å². The van der Waals surface area contributed by atoms with Crippen molar-refractivity contribution in [3.05, 3.63) is 69.3 Å². The van der Waals surface area contributed by atoms with Crippen LogP contribution in [0.15, 0.2) is 42.5 Å². The molecule has 0 aliphatic carbocycles. The van der Waals surface area contributed by atoms with Gasteiger partial charge >= 0.3 is 0 Å². The zero-order valence-electron chi connectivity index (χ0n) is 11.7. The summed E-state index contributed by atoms with van der Waals surface area (Å²) < 4.78 is 0. The maximum Gasteiger partial charge on any atom is 0.292 e. The van der Waals surface area contributed by atoms with Gasteiger partial charge in [0.15, 0.2) is 0 Å². The van der Waals surface area contributed by atoms with E-state index in [-0.39, 0.29) is 10.6 Å². The van der Waals surface area contributed by atoms with Crippen LogP contribution in [-0.2, 0) is 13.0 Å². The number of benzene rings is 2. The number of hydrogen-bond acceptors (Lipinski definition) is 3. The minimum absolute atomic E-state index is 0.121. The summed E-state index contributed by atoms with van der Waals surface area (Å²) in [6.07, 6.45) is 1.01. The van der Waals surface area contributed by atoms with E-state index in [0.717, 1.165) is 17.5 Å². The average molecular weight is 270 g/mol. The van der Waals surface area contributed by atoms with Crippen LogP contribution in [0.3, 0.4) is 0 Å². The molecule has 0 bridgehead atoms. The molecule has 2 rings (SSSR count). The third-order valence-corrected chi connectivity index (χ3v) is 3.35. The Morgan fingerprint density at radius 3 is 2.35 bits per heavy atom. The van der Waals surface area contributed by atoms with Gasteiger partial charge in [0, 0.05) is 12.6 Å². The predicted molar refractivity (Wildman–Crippen MR) is 81.0 cm³/mol. The van der Waals surface area contributed by atoms with Crippen LogP contribution >= 0.6 is 0 Å². The molecule has 0 aliphatic rings. The lowest BCUT2D eigenvalue weighted by molar-refractivity contribution is -0.384. The minimum atomic E-state index is -0.352. The fourth-order valence-electron chi connectivity index (χ4n) is 2.12. The van der Waals surface area contributed by atoms with Crippen molar-refractivity contribution in [2.24, 2.45) is 0 Å². The van der Waals surface area contributed by atoms with Gasteiger partial charge in [-0.15, -0.1) is 0 Å². The van der Waals surface area contributed by atoms with E-state index >= 15 is 0 Å². The summed E-state index contributed by atoms with van der Waals surface area (Å²) in [6.45, 7) is 4.56. The first-order chi connectivity index (χ1) is 9.61. The molecule has 2 aromatic rings. The molecule has 0 heterocycles. The Hall–Kier alpha value is -2.36. The van der Waals surface area contributed by atoms with Crippen molar-refractivity contribution in [2.75, 3.05) is 5.32 Å². The molecule has 104 valence electrons. The van der Waals surface area contributed by atoms with Gasteiger partial charge in [-0.1, -0.05) is 43.3 Å². The molecule has 4 heteroatoms. The Balaban J connectivity index is 2.16. The monoisotopic (exact) mass is 270 g/mol. The maximum atomic E-state index is 11.0. The number of nitro groups is 1. The van der Waals surface area contributed by atoms with E-state index in [1.165, 1.54) is 11.6 Å². The Kier molecular flexibility index (Phi) is 4.35. The van der Waals surface area contributed by atoms with E-state index in [4.69, 9.17) is 0 Å². The average Bonchev–Trinajstić information content (AvgIpc) is 2.46. The van der Waals surface area contributed by atoms with Crippen molar-refractivity contribution < 1.29 is 4.92 Å². The number of nitrogens with one attached hydrogen (secondary N) is 1. The fourth-order valence-corrected chi connectivity index (χ4v) is 2.12. The molecule has 0 aromatic heterocycles. The van der Waals surface area contributed by atoms with Gasteiger partial charge in [0.2, 0.25) is 0 Å². The van der Waals surface area contributed by atoms with Crippen molar-refractivity contribution in [1.29, 1.82) is 0 Å². The van der Waals surface area contributed by atoms with Crippen molar-refractivity contribution in [1.82, 2.24) is 0 Å². The van der Waals surface area contributed by atoms with Gasteiger partial charge < -0.3 is 5.32 Å². The highest BCUT2D eigenvalue weighted by atomic mass is 16.6. The van der Waals surface area contributed by atoms with Crippen LogP contribution in [0.4, 0.5) is 11.4 Å². The number of anilines is 1. The van der Waals surface area contributed by atoms with Crippen LogP contribution in [0.2, 0.25) is 0 Å². The zero-order valence-corrected chi connectivity index (χ0v) is 11.7. The smallest absolute Gasteiger partial charge is 0.292 e. The summed E-state index contributed by atoms with van der Waals surface area (Å²) in [5.74, 6) is 0. The summed E-state index contributed by atoms with van der Waals surface area (Å²) in [5.41, 5.74) is 3.99. The standard InChI is InChI=1S/C16H18N2O2/c1-3-13-7-9-14(10-8-13)11-17-16-12(2)5-4-6-15(16)18(19)20/h4-10,17H,3,11H2,1-2H3. The first-order valence-corrected chi connectivity index (χ1v) is 6.67. The molecular weight excluding hydrogens is 252 g/mol. The lowest BCUT2D eigenvalue weighted by atomic mass is 10.1. The Labute approximate surface area is 118 Å². The molecule has 0 atom stereocenters. The first kappa shape index (κ1) is 14.1. The number of nitro benzene ring substituents is 1. The minimum Gasteiger partial charge on any atom is -0.375 e. The molecule has 0 saturated heterocycles. The molecule has 1 N–H and O–H groups in total. The molecule has 2 aromatic carbocycles. The van der Waals surface area contributed by atoms with Gasteiger partial charge in [-0.25, -0.2) is 0 Å². The van der Waals surface area contributed by atoms with Gasteiger partial charge in [0.25, 0.3) is 5.69 Å². The molecule has 0 amide bonds. The van der Waals surface area contributed by atoms with Gasteiger partial charge in [-0.3, -0.25) is 10.1 Å². The van der Waals surface area contributed by atoms with Gasteiger partial charge in [-0.2, -0.15) is 0 Å². The number of hydrogen-bond donors (Lipinski definition) is 1. The Morgan fingerprint density at radius 2 is 1.75 bits per heavy atom. The SMILES string of the molecule is CCc1ccc(CNc2c(C)cccc2[N+](=O)[O-])cc1. The second-order valence-corrected chi connectivity index (χ2v) is 4.75. The molecule has 0 unspecified atom stereocenters. The zero-order chi connectivity index (χ0) is 14.5. The van der Waals surface area contributed by atoms with Gasteiger partial charge in [-0.05, 0) is 30.0 Å². The van der Waals surface area contributed by atoms with Crippen LogP contribution in [-0.4, -0.2) is 4.92 Å². The van der Waals surface area contributed by atoms with E-state index in [2.05, 4.69) is 36.5 Å². The Bertz CT molecular complexity index is 606. The number of aryl methyl sites for hydroxylation is 2. The van der Waals surface area contributed by atoms with Crippen LogP contribution in [0.5, 0.6) is 0 Å². The molecule has 4 nitrogen and oxygen atoms in total. The lowest BCUT2D eigenvalue weighted by Gasteiger charge is -2.10. The second-order valence-electron chi connectivity index (χ2n) is 4.75. The lowest BCUT2D eigenvalue weighted by Crippen LogP contribution is -2.04. The number of para-hydroxylation sites is 1. The van der Waals surface area contributed by atoms with Crippen LogP contribution < -0.4 is 5.32 Å². The van der Waals surface area contributed by atoms with Crippen molar-refractivity contribution in [3.63, 3.8) is 0 Å². The van der Waals surface area contributed by atoms with E-state index in [9.17, 15) is 10.1 Å². The maximum absolute atomic E-state index is 11.0. The first-order valence-electron chi connectivity index (χ1n) is 6.67. The van der Waals surface area contributed by atoms with Gasteiger partial charge in [0.05, 0.1) is 4.92 Å². The molecule has 0 saturated carbocycles. The van der Waals surface area contributed by atoms with Gasteiger partial charge in [0.1, 0.15) is 5.69 Å². The largest absolute Gasteiger partial charge is 0.375 e. The fraction of sp³-hybridized carbons (Fsp3) is 0.250. The molecule has 0 aliphatic heterocycles. The highest BCUT2D eigenvalue weighted by Crippen LogP contribution is 2.28. The van der Waals surface area contributed by atoms with Crippen molar-refractivity contribution in [3.8, 4) is 0 Å². The van der Waals surface area contributed by atoms with Crippen LogP contribution in [0.1, 0.15) is 23.6 Å². The number of nitrogens with zero attached hydrogens (tertiary/aromatic N) is 1. The van der Waals surface area contributed by atoms with E-state index in [1.54, 1.807) is 6.07 Å². The quantitative estimate of drug-likeness (QED) is 0.658. The van der Waals surface area contributed by atoms with E-state index in [0.29, 0.717) is 12.2 Å². The summed E-state index contributed by atoms with van der Waals surface area (Å²) in [5, 5.41) is 14.2. The molecule has 0 fully saturated rings. The highest BCUT2D eigenvalue weighted by Gasteiger charge is 2.14. The predicted octanol–water partition coefficient (Wildman–Crippen LogP) is 4.08. The summed E-state index contributed by atoms with van der Waals surface area (Å²) in [4.78, 5) is 10.7. The third kappa shape index (κ3) is 3.15. The highest BCUT2D eigenvalue weighted by molar-refractivity contribution is 5.66. The van der Waals surface area contributed by atoms with Crippen molar-refractivity contribution >= 4 is 11.4 Å².